The average molecular weight is 510 g/mol. The highest BCUT2D eigenvalue weighted by Crippen LogP contribution is 2.29. The number of rotatable bonds is 11. The molecular formula is C27H28ClN3O5. The van der Waals surface area contributed by atoms with Crippen LogP contribution in [0.4, 0.5) is 5.69 Å². The maximum Gasteiger partial charge on any atom is 0.291 e. The van der Waals surface area contributed by atoms with Crippen LogP contribution in [-0.4, -0.2) is 28.9 Å². The summed E-state index contributed by atoms with van der Waals surface area (Å²) in [6.07, 6.45) is 3.34. The van der Waals surface area contributed by atoms with Gasteiger partial charge in [0.15, 0.2) is 17.3 Å². The highest BCUT2D eigenvalue weighted by Gasteiger charge is 2.14. The third-order valence-electron chi connectivity index (χ3n) is 5.24. The van der Waals surface area contributed by atoms with E-state index >= 15 is 0 Å². The summed E-state index contributed by atoms with van der Waals surface area (Å²) in [6, 6.07) is 14.5. The van der Waals surface area contributed by atoms with Gasteiger partial charge in [-0.25, -0.2) is 0 Å². The van der Waals surface area contributed by atoms with E-state index in [-0.39, 0.29) is 18.3 Å². The fourth-order valence-corrected chi connectivity index (χ4v) is 3.82. The van der Waals surface area contributed by atoms with E-state index in [1.807, 2.05) is 45.0 Å². The van der Waals surface area contributed by atoms with Crippen LogP contribution < -0.4 is 19.5 Å². The van der Waals surface area contributed by atoms with E-state index < -0.39 is 0 Å². The summed E-state index contributed by atoms with van der Waals surface area (Å²) in [6.45, 7) is 7.59. The number of anilines is 1. The molecule has 1 amide bonds. The average Bonchev–Trinajstić information content (AvgIpc) is 3.50. The minimum Gasteiger partial charge on any atom is -0.490 e. The van der Waals surface area contributed by atoms with Crippen LogP contribution in [0.2, 0.25) is 5.02 Å². The third kappa shape index (κ3) is 6.40. The summed E-state index contributed by atoms with van der Waals surface area (Å²) >= 11 is 5.98. The lowest BCUT2D eigenvalue weighted by Crippen LogP contribution is -2.10. The predicted octanol–water partition coefficient (Wildman–Crippen LogP) is 6.11. The zero-order valence-corrected chi connectivity index (χ0v) is 21.2. The minimum atomic E-state index is -0.372. The van der Waals surface area contributed by atoms with Crippen molar-refractivity contribution >= 4 is 23.2 Å². The molecule has 1 N–H and O–H groups in total. The fraction of sp³-hybridized carbons (Fsp3) is 0.259. The van der Waals surface area contributed by atoms with Crippen LogP contribution >= 0.6 is 11.6 Å². The lowest BCUT2D eigenvalue weighted by atomic mass is 10.2. The van der Waals surface area contributed by atoms with E-state index in [0.717, 1.165) is 11.1 Å². The van der Waals surface area contributed by atoms with Gasteiger partial charge in [0.25, 0.3) is 5.91 Å². The summed E-state index contributed by atoms with van der Waals surface area (Å²) < 4.78 is 24.5. The number of benzene rings is 2. The smallest absolute Gasteiger partial charge is 0.291 e. The number of ether oxygens (including phenoxy) is 3. The van der Waals surface area contributed by atoms with Gasteiger partial charge in [-0.2, -0.15) is 5.10 Å². The quantitative estimate of drug-likeness (QED) is 0.262. The highest BCUT2D eigenvalue weighted by molar-refractivity contribution is 6.30. The first kappa shape index (κ1) is 25.2. The summed E-state index contributed by atoms with van der Waals surface area (Å²) in [5, 5.41) is 7.80. The van der Waals surface area contributed by atoms with Gasteiger partial charge in [-0.1, -0.05) is 17.7 Å². The molecule has 0 aliphatic rings. The summed E-state index contributed by atoms with van der Waals surface area (Å²) in [5.41, 5.74) is 2.47. The number of hydrogen-bond donors (Lipinski definition) is 1. The summed E-state index contributed by atoms with van der Waals surface area (Å²) in [7, 11) is 0. The fourth-order valence-electron chi connectivity index (χ4n) is 3.59. The van der Waals surface area contributed by atoms with Gasteiger partial charge in [-0.05, 0) is 74.4 Å². The Morgan fingerprint density at radius 3 is 2.56 bits per heavy atom. The van der Waals surface area contributed by atoms with Crippen LogP contribution in [0.1, 0.15) is 41.3 Å². The molecule has 0 aliphatic heterocycles. The SMILES string of the molecule is CCOc1ccc(Cn2cc(NC(=O)c3ccc(COc4ccc(Cl)cc4C)o3)cn2)cc1OCC. The largest absolute Gasteiger partial charge is 0.490 e. The monoisotopic (exact) mass is 509 g/mol. The molecule has 2 aromatic carbocycles. The Balaban J connectivity index is 1.34. The lowest BCUT2D eigenvalue weighted by Gasteiger charge is -2.12. The molecule has 0 unspecified atom stereocenters. The summed E-state index contributed by atoms with van der Waals surface area (Å²) in [5.74, 6) is 2.45. The van der Waals surface area contributed by atoms with Crippen molar-refractivity contribution in [3.63, 3.8) is 0 Å². The predicted molar refractivity (Wildman–Crippen MR) is 137 cm³/mol. The van der Waals surface area contributed by atoms with Crippen molar-refractivity contribution in [3.8, 4) is 17.2 Å². The molecule has 4 rings (SSSR count). The van der Waals surface area contributed by atoms with Gasteiger partial charge in [0, 0.05) is 11.2 Å². The Hall–Kier alpha value is -3.91. The molecule has 0 atom stereocenters. The Labute approximate surface area is 214 Å². The van der Waals surface area contributed by atoms with Crippen LogP contribution in [-0.2, 0) is 13.2 Å². The number of carbonyl (C=O) groups is 1. The molecule has 0 aliphatic carbocycles. The van der Waals surface area contributed by atoms with Crippen molar-refractivity contribution in [1.82, 2.24) is 9.78 Å². The number of nitrogens with zero attached hydrogens (tertiary/aromatic N) is 2. The lowest BCUT2D eigenvalue weighted by molar-refractivity contribution is 0.0992. The van der Waals surface area contributed by atoms with E-state index in [0.29, 0.717) is 53.5 Å². The molecule has 9 heteroatoms. The van der Waals surface area contributed by atoms with Gasteiger partial charge in [-0.15, -0.1) is 0 Å². The highest BCUT2D eigenvalue weighted by atomic mass is 35.5. The summed E-state index contributed by atoms with van der Waals surface area (Å²) in [4.78, 5) is 12.6. The number of furan rings is 1. The van der Waals surface area contributed by atoms with Crippen molar-refractivity contribution in [3.05, 3.63) is 88.6 Å². The maximum atomic E-state index is 12.6. The van der Waals surface area contributed by atoms with E-state index in [4.69, 9.17) is 30.2 Å². The second kappa shape index (κ2) is 11.7. The second-order valence-electron chi connectivity index (χ2n) is 7.99. The third-order valence-corrected chi connectivity index (χ3v) is 5.47. The van der Waals surface area contributed by atoms with E-state index in [1.165, 1.54) is 0 Å². The van der Waals surface area contributed by atoms with Crippen molar-refractivity contribution in [1.29, 1.82) is 0 Å². The van der Waals surface area contributed by atoms with Gasteiger partial charge >= 0.3 is 0 Å². The van der Waals surface area contributed by atoms with Gasteiger partial charge in [0.05, 0.1) is 31.6 Å². The van der Waals surface area contributed by atoms with Crippen LogP contribution in [0, 0.1) is 6.92 Å². The van der Waals surface area contributed by atoms with Crippen LogP contribution in [0.3, 0.4) is 0 Å². The Bertz CT molecular complexity index is 1330. The second-order valence-corrected chi connectivity index (χ2v) is 8.43. The van der Waals surface area contributed by atoms with E-state index in [1.54, 1.807) is 41.3 Å². The maximum absolute atomic E-state index is 12.6. The molecule has 4 aromatic rings. The number of hydrogen-bond acceptors (Lipinski definition) is 6. The number of amides is 1. The molecule has 0 fully saturated rings. The Morgan fingerprint density at radius 1 is 1.00 bits per heavy atom. The molecule has 8 nitrogen and oxygen atoms in total. The number of halogens is 1. The van der Waals surface area contributed by atoms with Crippen molar-refractivity contribution in [2.24, 2.45) is 0 Å². The molecule has 188 valence electrons. The van der Waals surface area contributed by atoms with Crippen molar-refractivity contribution < 1.29 is 23.4 Å². The Kier molecular flexibility index (Phi) is 8.17. The zero-order chi connectivity index (χ0) is 25.5. The van der Waals surface area contributed by atoms with Gasteiger partial charge in [-0.3, -0.25) is 9.48 Å². The number of carbonyl (C=O) groups excluding carboxylic acids is 1. The molecule has 0 bridgehead atoms. The van der Waals surface area contributed by atoms with Crippen molar-refractivity contribution in [2.75, 3.05) is 18.5 Å². The zero-order valence-electron chi connectivity index (χ0n) is 20.4. The van der Waals surface area contributed by atoms with E-state index in [9.17, 15) is 4.79 Å². The first-order valence-electron chi connectivity index (χ1n) is 11.6. The van der Waals surface area contributed by atoms with Gasteiger partial charge in [0.1, 0.15) is 18.1 Å². The van der Waals surface area contributed by atoms with Crippen LogP contribution in [0.25, 0.3) is 0 Å². The first-order chi connectivity index (χ1) is 17.4. The molecule has 2 aromatic heterocycles. The van der Waals surface area contributed by atoms with Crippen molar-refractivity contribution in [2.45, 2.75) is 33.9 Å². The van der Waals surface area contributed by atoms with E-state index in [2.05, 4.69) is 10.4 Å². The standard InChI is InChI=1S/C27H28ClN3O5/c1-4-33-24-9-6-19(13-26(24)34-5-2)15-31-16-21(14-29-31)30-27(32)25-11-8-22(36-25)17-35-23-10-7-20(28)12-18(23)3/h6-14,16H,4-5,15,17H2,1-3H3,(H,30,32). The van der Waals surface area contributed by atoms with Gasteiger partial charge in [0.2, 0.25) is 0 Å². The topological polar surface area (TPSA) is 87.8 Å². The molecular weight excluding hydrogens is 482 g/mol. The minimum absolute atomic E-state index is 0.182. The number of nitrogens with one attached hydrogen (secondary N) is 1. The molecule has 2 heterocycles. The first-order valence-corrected chi connectivity index (χ1v) is 12.0. The molecule has 36 heavy (non-hydrogen) atoms. The van der Waals surface area contributed by atoms with Crippen LogP contribution in [0.5, 0.6) is 17.2 Å². The Morgan fingerprint density at radius 2 is 1.78 bits per heavy atom. The normalized spacial score (nSPS) is 10.8. The van der Waals surface area contributed by atoms with Gasteiger partial charge < -0.3 is 23.9 Å². The van der Waals surface area contributed by atoms with Crippen LogP contribution in [0.15, 0.2) is 65.3 Å². The molecule has 0 saturated carbocycles. The molecule has 0 radical (unpaired) electrons. The number of aromatic nitrogens is 2. The molecule has 0 saturated heterocycles. The molecule has 0 spiro atoms. The number of aryl methyl sites for hydroxylation is 1.